The molecule has 1 aliphatic heterocycles. The van der Waals surface area contributed by atoms with E-state index in [0.717, 1.165) is 25.7 Å². The number of amides is 2. The first-order chi connectivity index (χ1) is 18.3. The fraction of sp³-hybridized carbons (Fsp3) is 0.571. The highest BCUT2D eigenvalue weighted by atomic mass is 19.1. The summed E-state index contributed by atoms with van der Waals surface area (Å²) in [6.07, 6.45) is 5.95. The second-order valence-corrected chi connectivity index (χ2v) is 11.0. The number of carbonyl (C=O) groups is 2. The maximum atomic E-state index is 15.9. The molecule has 0 spiro atoms. The van der Waals surface area contributed by atoms with E-state index >= 15 is 4.39 Å². The van der Waals surface area contributed by atoms with E-state index in [1.807, 2.05) is 6.92 Å². The molecule has 0 radical (unpaired) electrons. The van der Waals surface area contributed by atoms with Gasteiger partial charge in [0.2, 0.25) is 5.91 Å². The van der Waals surface area contributed by atoms with Gasteiger partial charge in [0.05, 0.1) is 36.4 Å². The van der Waals surface area contributed by atoms with E-state index in [1.165, 1.54) is 11.2 Å². The standard InChI is InChI=1S/C28H36FN5O4/c1-5-21-20(14-38-33-21)27(35)32-24(16-8-6-15(2)7-9-16)26-30-22-11-10-17(23(29)25(22)31-26)18-12-37-13-19(18)28(36)34(3)4/h10-11,14-16,18-19,24H,5-9,12-13H2,1-4H3,(H,30,31)(H,32,35)/t15?,16?,18?,19?,24-/m0/s1. The minimum absolute atomic E-state index is 0.0794. The predicted octanol–water partition coefficient (Wildman–Crippen LogP) is 4.37. The Kier molecular flexibility index (Phi) is 7.52. The number of H-pyrrole nitrogens is 1. The lowest BCUT2D eigenvalue weighted by molar-refractivity contribution is -0.133. The number of carbonyl (C=O) groups excluding carboxylic acids is 2. The molecule has 1 aliphatic carbocycles. The number of imidazole rings is 1. The number of rotatable bonds is 7. The highest BCUT2D eigenvalue weighted by Gasteiger charge is 2.38. The quantitative estimate of drug-likeness (QED) is 0.474. The van der Waals surface area contributed by atoms with Gasteiger partial charge in [0.25, 0.3) is 5.91 Å². The van der Waals surface area contributed by atoms with Crippen molar-refractivity contribution >= 4 is 22.8 Å². The average molecular weight is 526 g/mol. The maximum absolute atomic E-state index is 15.9. The lowest BCUT2D eigenvalue weighted by atomic mass is 9.79. The predicted molar refractivity (Wildman–Crippen MR) is 139 cm³/mol. The average Bonchev–Trinajstić information content (AvgIpc) is 3.67. The van der Waals surface area contributed by atoms with E-state index in [2.05, 4.69) is 22.4 Å². The number of nitrogens with zero attached hydrogens (tertiary/aromatic N) is 3. The summed E-state index contributed by atoms with van der Waals surface area (Å²) in [5.41, 5.74) is 2.20. The summed E-state index contributed by atoms with van der Waals surface area (Å²) in [4.78, 5) is 35.5. The van der Waals surface area contributed by atoms with E-state index in [9.17, 15) is 9.59 Å². The van der Waals surface area contributed by atoms with Crippen molar-refractivity contribution in [2.24, 2.45) is 17.8 Å². The highest BCUT2D eigenvalue weighted by molar-refractivity contribution is 5.95. The molecule has 5 rings (SSSR count). The summed E-state index contributed by atoms with van der Waals surface area (Å²) in [6.45, 7) is 4.71. The van der Waals surface area contributed by atoms with Crippen molar-refractivity contribution in [3.63, 3.8) is 0 Å². The van der Waals surface area contributed by atoms with E-state index in [4.69, 9.17) is 14.2 Å². The molecule has 1 aromatic carbocycles. The molecule has 10 heteroatoms. The smallest absolute Gasteiger partial charge is 0.257 e. The van der Waals surface area contributed by atoms with Gasteiger partial charge in [0.1, 0.15) is 23.2 Å². The number of hydrogen-bond donors (Lipinski definition) is 2. The third-order valence-corrected chi connectivity index (χ3v) is 8.22. The van der Waals surface area contributed by atoms with Crippen LogP contribution < -0.4 is 5.32 Å². The fourth-order valence-electron chi connectivity index (χ4n) is 5.89. The third-order valence-electron chi connectivity index (χ3n) is 8.22. The van der Waals surface area contributed by atoms with Crippen molar-refractivity contribution in [3.8, 4) is 0 Å². The lowest BCUT2D eigenvalue weighted by Gasteiger charge is -2.32. The first-order valence-electron chi connectivity index (χ1n) is 13.5. The van der Waals surface area contributed by atoms with Crippen LogP contribution in [-0.2, 0) is 16.0 Å². The Morgan fingerprint density at radius 2 is 1.97 bits per heavy atom. The van der Waals surface area contributed by atoms with Crippen LogP contribution in [0.4, 0.5) is 4.39 Å². The molecule has 204 valence electrons. The van der Waals surface area contributed by atoms with Crippen LogP contribution in [0.15, 0.2) is 22.9 Å². The molecular formula is C28H36FN5O4. The molecule has 1 saturated carbocycles. The summed E-state index contributed by atoms with van der Waals surface area (Å²) in [7, 11) is 3.39. The third kappa shape index (κ3) is 4.93. The Balaban J connectivity index is 1.48. The van der Waals surface area contributed by atoms with E-state index in [1.54, 1.807) is 26.2 Å². The molecule has 0 bridgehead atoms. The molecule has 38 heavy (non-hydrogen) atoms. The van der Waals surface area contributed by atoms with Crippen LogP contribution >= 0.6 is 0 Å². The molecule has 3 heterocycles. The van der Waals surface area contributed by atoms with Crippen LogP contribution in [0.5, 0.6) is 0 Å². The molecule has 3 atom stereocenters. The van der Waals surface area contributed by atoms with Gasteiger partial charge in [-0.25, -0.2) is 9.37 Å². The first kappa shape index (κ1) is 26.3. The molecule has 2 fully saturated rings. The van der Waals surface area contributed by atoms with Crippen molar-refractivity contribution in [2.45, 2.75) is 57.9 Å². The molecule has 3 aromatic rings. The van der Waals surface area contributed by atoms with Crippen LogP contribution in [0.25, 0.3) is 11.0 Å². The molecule has 2 N–H and O–H groups in total. The zero-order valence-corrected chi connectivity index (χ0v) is 22.4. The maximum Gasteiger partial charge on any atom is 0.257 e. The number of halogens is 1. The van der Waals surface area contributed by atoms with E-state index < -0.39 is 17.8 Å². The summed E-state index contributed by atoms with van der Waals surface area (Å²) >= 11 is 0. The second-order valence-electron chi connectivity index (χ2n) is 11.0. The Hall–Kier alpha value is -3.27. The van der Waals surface area contributed by atoms with Crippen LogP contribution in [0.3, 0.4) is 0 Å². The van der Waals surface area contributed by atoms with Crippen molar-refractivity contribution < 1.29 is 23.2 Å². The fourth-order valence-corrected chi connectivity index (χ4v) is 5.89. The molecule has 2 amide bonds. The molecule has 2 aromatic heterocycles. The Labute approximate surface area is 221 Å². The topological polar surface area (TPSA) is 113 Å². The number of aryl methyl sites for hydroxylation is 1. The summed E-state index contributed by atoms with van der Waals surface area (Å²) in [5.74, 6) is -0.309. The Morgan fingerprint density at radius 1 is 1.21 bits per heavy atom. The zero-order valence-electron chi connectivity index (χ0n) is 22.4. The number of nitrogens with one attached hydrogen (secondary N) is 2. The number of aromatic nitrogens is 3. The van der Waals surface area contributed by atoms with E-state index in [-0.39, 0.29) is 42.4 Å². The van der Waals surface area contributed by atoms with Crippen LogP contribution in [0.2, 0.25) is 0 Å². The normalized spacial score (nSPS) is 24.4. The van der Waals surface area contributed by atoms with Gasteiger partial charge in [-0.2, -0.15) is 0 Å². The molecule has 9 nitrogen and oxygen atoms in total. The Morgan fingerprint density at radius 3 is 2.68 bits per heavy atom. The van der Waals surface area contributed by atoms with Crippen LogP contribution in [-0.4, -0.2) is 59.1 Å². The minimum atomic E-state index is -0.452. The van der Waals surface area contributed by atoms with Gasteiger partial charge in [-0.15, -0.1) is 0 Å². The highest BCUT2D eigenvalue weighted by Crippen LogP contribution is 2.39. The van der Waals surface area contributed by atoms with Gasteiger partial charge in [0, 0.05) is 20.0 Å². The van der Waals surface area contributed by atoms with Gasteiger partial charge in [-0.05, 0) is 42.7 Å². The first-order valence-corrected chi connectivity index (χ1v) is 13.5. The van der Waals surface area contributed by atoms with Crippen LogP contribution in [0.1, 0.15) is 78.9 Å². The Bertz CT molecular complexity index is 1310. The van der Waals surface area contributed by atoms with Gasteiger partial charge < -0.3 is 24.5 Å². The summed E-state index contributed by atoms with van der Waals surface area (Å²) in [6, 6.07) is 3.11. The summed E-state index contributed by atoms with van der Waals surface area (Å²) < 4.78 is 26.6. The van der Waals surface area contributed by atoms with Gasteiger partial charge in [0.15, 0.2) is 5.82 Å². The number of aromatic amines is 1. The van der Waals surface area contributed by atoms with Crippen molar-refractivity contribution in [1.82, 2.24) is 25.3 Å². The molecule has 2 unspecified atom stereocenters. The molecule has 1 saturated heterocycles. The zero-order chi connectivity index (χ0) is 27.0. The number of fused-ring (bicyclic) bond motifs is 1. The van der Waals surface area contributed by atoms with Crippen molar-refractivity contribution in [2.75, 3.05) is 27.3 Å². The lowest BCUT2D eigenvalue weighted by Crippen LogP contribution is -2.36. The number of ether oxygens (including phenoxy) is 1. The molecule has 2 aliphatic rings. The van der Waals surface area contributed by atoms with Gasteiger partial charge in [-0.3, -0.25) is 9.59 Å². The largest absolute Gasteiger partial charge is 0.380 e. The van der Waals surface area contributed by atoms with Crippen molar-refractivity contribution in [3.05, 3.63) is 46.9 Å². The van der Waals surface area contributed by atoms with Gasteiger partial charge in [-0.1, -0.05) is 37.9 Å². The van der Waals surface area contributed by atoms with E-state index in [0.29, 0.717) is 40.5 Å². The SMILES string of the molecule is CCc1nocc1C(=O)N[C@H](c1nc2c(F)c(C3COCC3C(=O)N(C)C)ccc2[nH]1)C1CCC(C)CC1. The van der Waals surface area contributed by atoms with Crippen LogP contribution in [0, 0.1) is 23.6 Å². The second kappa shape index (κ2) is 10.8. The monoisotopic (exact) mass is 525 g/mol. The summed E-state index contributed by atoms with van der Waals surface area (Å²) in [5, 5.41) is 7.09. The number of benzene rings is 1. The minimum Gasteiger partial charge on any atom is -0.380 e. The molecular weight excluding hydrogens is 489 g/mol. The number of hydrogen-bond acceptors (Lipinski definition) is 6. The van der Waals surface area contributed by atoms with Gasteiger partial charge >= 0.3 is 0 Å². The van der Waals surface area contributed by atoms with Crippen molar-refractivity contribution in [1.29, 1.82) is 0 Å².